The molecule has 7 heteroatoms. The van der Waals surface area contributed by atoms with Gasteiger partial charge in [0.1, 0.15) is 5.56 Å². The molecule has 0 radical (unpaired) electrons. The van der Waals surface area contributed by atoms with E-state index in [1.807, 2.05) is 53.2 Å². The second-order valence-electron chi connectivity index (χ2n) is 10.5. The highest BCUT2D eigenvalue weighted by atomic mass is 79.9. The van der Waals surface area contributed by atoms with E-state index in [4.69, 9.17) is 0 Å². The van der Waals surface area contributed by atoms with E-state index in [0.717, 1.165) is 57.2 Å². The molecule has 1 heterocycles. The van der Waals surface area contributed by atoms with Crippen LogP contribution in [-0.2, 0) is 6.54 Å². The molecule has 1 N–H and O–H groups in total. The number of hydrogen-bond acceptors (Lipinski definition) is 2. The Morgan fingerprint density at radius 1 is 0.941 bits per heavy atom. The van der Waals surface area contributed by atoms with Crippen molar-refractivity contribution in [3.05, 3.63) is 85.2 Å². The summed E-state index contributed by atoms with van der Waals surface area (Å²) in [5.74, 6) is 1.95. The molecule has 4 fully saturated rings. The highest BCUT2D eigenvalue weighted by Gasteiger charge is 2.51. The minimum absolute atomic E-state index is 0.134. The quantitative estimate of drug-likeness (QED) is 0.405. The van der Waals surface area contributed by atoms with Crippen molar-refractivity contribution in [1.82, 2.24) is 14.7 Å². The van der Waals surface area contributed by atoms with Crippen LogP contribution in [0.5, 0.6) is 0 Å². The summed E-state index contributed by atoms with van der Waals surface area (Å²) in [6.07, 6.45) is 8.84. The zero-order chi connectivity index (χ0) is 23.4. The molecule has 2 aromatic carbocycles. The van der Waals surface area contributed by atoms with Crippen LogP contribution in [0, 0.1) is 17.8 Å². The number of hydrogen-bond donors (Lipinski definition) is 1. The van der Waals surface area contributed by atoms with E-state index >= 15 is 0 Å². The van der Waals surface area contributed by atoms with E-state index in [2.05, 4.69) is 37.2 Å². The van der Waals surface area contributed by atoms with Crippen molar-refractivity contribution in [3.8, 4) is 5.69 Å². The van der Waals surface area contributed by atoms with Gasteiger partial charge in [0.05, 0.1) is 12.2 Å². The van der Waals surface area contributed by atoms with Gasteiger partial charge in [-0.1, -0.05) is 50.1 Å². The Labute approximate surface area is 215 Å². The molecule has 0 spiro atoms. The molecule has 5 nitrogen and oxygen atoms in total. The second kappa shape index (κ2) is 8.52. The van der Waals surface area contributed by atoms with E-state index in [1.165, 1.54) is 19.3 Å². The largest absolute Gasteiger partial charge is 0.346 e. The SMILES string of the molecule is O=C(NC12CC3CC(CC(C3)C1)C2)c1cn(Cc2ccccc2Br)n(-c2ccc(Br)cc2)c1=O. The molecule has 3 aromatic rings. The van der Waals surface area contributed by atoms with E-state index in [9.17, 15) is 9.59 Å². The maximum Gasteiger partial charge on any atom is 0.284 e. The summed E-state index contributed by atoms with van der Waals surface area (Å²) in [6, 6.07) is 15.6. The number of amides is 1. The van der Waals surface area contributed by atoms with Crippen molar-refractivity contribution in [1.29, 1.82) is 0 Å². The Morgan fingerprint density at radius 3 is 2.18 bits per heavy atom. The molecule has 34 heavy (non-hydrogen) atoms. The van der Waals surface area contributed by atoms with Crippen LogP contribution in [0.25, 0.3) is 5.69 Å². The van der Waals surface area contributed by atoms with Gasteiger partial charge in [0.25, 0.3) is 11.5 Å². The molecule has 0 atom stereocenters. The van der Waals surface area contributed by atoms with Crippen molar-refractivity contribution in [2.24, 2.45) is 17.8 Å². The van der Waals surface area contributed by atoms with Gasteiger partial charge in [-0.05, 0) is 92.2 Å². The second-order valence-corrected chi connectivity index (χ2v) is 12.2. The fraction of sp³-hybridized carbons (Fsp3) is 0.407. The van der Waals surface area contributed by atoms with Gasteiger partial charge in [0.2, 0.25) is 0 Å². The predicted molar refractivity (Wildman–Crippen MR) is 139 cm³/mol. The number of rotatable bonds is 5. The van der Waals surface area contributed by atoms with Crippen LogP contribution in [0.2, 0.25) is 0 Å². The number of nitrogens with one attached hydrogen (secondary N) is 1. The first kappa shape index (κ1) is 22.4. The van der Waals surface area contributed by atoms with Gasteiger partial charge in [0.15, 0.2) is 0 Å². The fourth-order valence-corrected chi connectivity index (χ4v) is 7.66. The topological polar surface area (TPSA) is 56.0 Å². The molecule has 1 amide bonds. The minimum Gasteiger partial charge on any atom is -0.346 e. The highest BCUT2D eigenvalue weighted by Crippen LogP contribution is 2.55. The van der Waals surface area contributed by atoms with E-state index < -0.39 is 0 Å². The van der Waals surface area contributed by atoms with Crippen LogP contribution >= 0.6 is 31.9 Å². The maximum atomic E-state index is 13.6. The van der Waals surface area contributed by atoms with Crippen LogP contribution in [0.4, 0.5) is 0 Å². The van der Waals surface area contributed by atoms with Crippen LogP contribution < -0.4 is 10.9 Å². The normalized spacial score (nSPS) is 27.2. The van der Waals surface area contributed by atoms with Crippen LogP contribution in [0.1, 0.15) is 54.4 Å². The summed E-state index contributed by atoms with van der Waals surface area (Å²) >= 11 is 7.09. The lowest BCUT2D eigenvalue weighted by Gasteiger charge is -2.56. The molecule has 4 bridgehead atoms. The van der Waals surface area contributed by atoms with Gasteiger partial charge in [-0.2, -0.15) is 0 Å². The summed E-state index contributed by atoms with van der Waals surface area (Å²) in [6.45, 7) is 0.470. The van der Waals surface area contributed by atoms with Crippen LogP contribution in [0.15, 0.2) is 68.5 Å². The van der Waals surface area contributed by atoms with Gasteiger partial charge in [-0.25, -0.2) is 4.68 Å². The molecule has 176 valence electrons. The number of benzene rings is 2. The van der Waals surface area contributed by atoms with Gasteiger partial charge in [0, 0.05) is 20.7 Å². The molecular formula is C27H27Br2N3O2. The third kappa shape index (κ3) is 4.01. The van der Waals surface area contributed by atoms with Crippen molar-refractivity contribution >= 4 is 37.8 Å². The molecule has 4 aliphatic rings. The Morgan fingerprint density at radius 2 is 1.56 bits per heavy atom. The number of carbonyl (C=O) groups excluding carboxylic acids is 1. The Hall–Kier alpha value is -2.12. The third-order valence-electron chi connectivity index (χ3n) is 7.98. The van der Waals surface area contributed by atoms with E-state index in [0.29, 0.717) is 6.54 Å². The third-order valence-corrected chi connectivity index (χ3v) is 9.28. The monoisotopic (exact) mass is 583 g/mol. The average Bonchev–Trinajstić information content (AvgIpc) is 3.11. The summed E-state index contributed by atoms with van der Waals surface area (Å²) in [7, 11) is 0. The van der Waals surface area contributed by atoms with Crippen LogP contribution in [0.3, 0.4) is 0 Å². The zero-order valence-corrected chi connectivity index (χ0v) is 22.0. The highest BCUT2D eigenvalue weighted by molar-refractivity contribution is 9.10. The van der Waals surface area contributed by atoms with Crippen molar-refractivity contribution in [2.45, 2.75) is 50.6 Å². The minimum atomic E-state index is -0.281. The first-order valence-electron chi connectivity index (χ1n) is 12.0. The summed E-state index contributed by atoms with van der Waals surface area (Å²) in [4.78, 5) is 27.2. The first-order chi connectivity index (χ1) is 16.4. The summed E-state index contributed by atoms with van der Waals surface area (Å²) < 4.78 is 5.37. The number of halogens is 2. The van der Waals surface area contributed by atoms with Gasteiger partial charge >= 0.3 is 0 Å². The molecule has 4 aliphatic carbocycles. The van der Waals surface area contributed by atoms with Crippen LogP contribution in [-0.4, -0.2) is 20.8 Å². The van der Waals surface area contributed by atoms with E-state index in [-0.39, 0.29) is 22.6 Å². The number of nitrogens with zero attached hydrogens (tertiary/aromatic N) is 2. The average molecular weight is 585 g/mol. The molecule has 4 saturated carbocycles. The lowest BCUT2D eigenvalue weighted by molar-refractivity contribution is -0.0167. The maximum absolute atomic E-state index is 13.6. The Bertz CT molecular complexity index is 1270. The molecule has 0 saturated heterocycles. The molecule has 0 unspecified atom stereocenters. The zero-order valence-electron chi connectivity index (χ0n) is 18.8. The first-order valence-corrected chi connectivity index (χ1v) is 13.6. The lowest BCUT2D eigenvalue weighted by Crippen LogP contribution is -2.60. The van der Waals surface area contributed by atoms with Gasteiger partial charge in [-0.3, -0.25) is 14.3 Å². The van der Waals surface area contributed by atoms with Gasteiger partial charge in [-0.15, -0.1) is 0 Å². The summed E-state index contributed by atoms with van der Waals surface area (Å²) in [5.41, 5.74) is 1.57. The van der Waals surface area contributed by atoms with Crippen molar-refractivity contribution < 1.29 is 4.79 Å². The standard InChI is InChI=1S/C27H27Br2N3O2/c28-21-5-7-22(8-6-21)32-26(34)23(16-31(32)15-20-3-1-2-4-24(20)29)25(33)30-27-12-17-9-18(13-27)11-19(10-17)14-27/h1-8,16-19H,9-15H2,(H,30,33). The Kier molecular flexibility index (Phi) is 5.60. The summed E-state index contributed by atoms with van der Waals surface area (Å²) in [5, 5.41) is 3.38. The van der Waals surface area contributed by atoms with Crippen molar-refractivity contribution in [3.63, 3.8) is 0 Å². The van der Waals surface area contributed by atoms with Crippen molar-refractivity contribution in [2.75, 3.05) is 0 Å². The number of aromatic nitrogens is 2. The smallest absolute Gasteiger partial charge is 0.284 e. The fourth-order valence-electron chi connectivity index (χ4n) is 6.99. The molecular weight excluding hydrogens is 558 g/mol. The molecule has 7 rings (SSSR count). The molecule has 0 aliphatic heterocycles. The van der Waals surface area contributed by atoms with E-state index in [1.54, 1.807) is 10.9 Å². The van der Waals surface area contributed by atoms with Gasteiger partial charge < -0.3 is 5.32 Å². The lowest BCUT2D eigenvalue weighted by atomic mass is 9.53. The molecule has 1 aromatic heterocycles. The number of carbonyl (C=O) groups is 1. The Balaban J connectivity index is 1.37. The predicted octanol–water partition coefficient (Wildman–Crippen LogP) is 5.91.